The largest absolute Gasteiger partial charge is 0.497 e. The van der Waals surface area contributed by atoms with Crippen molar-refractivity contribution in [2.45, 2.75) is 32.6 Å². The Morgan fingerprint density at radius 2 is 2.06 bits per heavy atom. The number of hydrogen-bond donors (Lipinski definition) is 1. The number of hydrogen-bond acceptors (Lipinski definition) is 3. The first kappa shape index (κ1) is 13.1. The summed E-state index contributed by atoms with van der Waals surface area (Å²) in [6.07, 6.45) is 5.22. The standard InChI is InChI=1S/C15H24N2O/c1-3-4-12-7-9-17(10-8-12)15-11-13(18-2)5-6-14(15)16/h5-6,11-12H,3-4,7-10,16H2,1-2H3. The van der Waals surface area contributed by atoms with Gasteiger partial charge in [0.25, 0.3) is 0 Å². The molecule has 0 amide bonds. The van der Waals surface area contributed by atoms with Crippen LogP contribution in [0.2, 0.25) is 0 Å². The molecule has 1 aliphatic rings. The van der Waals surface area contributed by atoms with Crippen LogP contribution in [0.5, 0.6) is 5.75 Å². The molecule has 1 heterocycles. The summed E-state index contributed by atoms with van der Waals surface area (Å²) < 4.78 is 5.28. The molecular formula is C15H24N2O. The van der Waals surface area contributed by atoms with Crippen molar-refractivity contribution in [2.75, 3.05) is 30.8 Å². The molecule has 2 rings (SSSR count). The maximum atomic E-state index is 6.07. The van der Waals surface area contributed by atoms with Gasteiger partial charge >= 0.3 is 0 Å². The summed E-state index contributed by atoms with van der Waals surface area (Å²) in [4.78, 5) is 2.39. The first-order chi connectivity index (χ1) is 8.74. The highest BCUT2D eigenvalue weighted by molar-refractivity contribution is 5.69. The van der Waals surface area contributed by atoms with Crippen LogP contribution in [0.3, 0.4) is 0 Å². The second kappa shape index (κ2) is 5.98. The zero-order chi connectivity index (χ0) is 13.0. The van der Waals surface area contributed by atoms with E-state index in [1.807, 2.05) is 12.1 Å². The maximum absolute atomic E-state index is 6.07. The van der Waals surface area contributed by atoms with Gasteiger partial charge in [-0.05, 0) is 30.9 Å². The van der Waals surface area contributed by atoms with Crippen LogP contribution in [0.25, 0.3) is 0 Å². The molecule has 0 unspecified atom stereocenters. The molecule has 0 aliphatic carbocycles. The van der Waals surface area contributed by atoms with Gasteiger partial charge in [0, 0.05) is 19.2 Å². The van der Waals surface area contributed by atoms with Crippen molar-refractivity contribution < 1.29 is 4.74 Å². The van der Waals surface area contributed by atoms with Gasteiger partial charge in [-0.25, -0.2) is 0 Å². The molecule has 2 N–H and O–H groups in total. The Balaban J connectivity index is 2.04. The van der Waals surface area contributed by atoms with Crippen molar-refractivity contribution in [3.05, 3.63) is 18.2 Å². The average Bonchev–Trinajstić information content (AvgIpc) is 2.41. The van der Waals surface area contributed by atoms with Crippen molar-refractivity contribution in [1.82, 2.24) is 0 Å². The Bertz CT molecular complexity index is 384. The van der Waals surface area contributed by atoms with Crippen molar-refractivity contribution >= 4 is 11.4 Å². The smallest absolute Gasteiger partial charge is 0.121 e. The van der Waals surface area contributed by atoms with E-state index in [1.165, 1.54) is 25.7 Å². The van der Waals surface area contributed by atoms with Gasteiger partial charge in [0.1, 0.15) is 5.75 Å². The molecular weight excluding hydrogens is 224 g/mol. The first-order valence-corrected chi connectivity index (χ1v) is 6.93. The predicted octanol–water partition coefficient (Wildman–Crippen LogP) is 3.29. The van der Waals surface area contributed by atoms with Crippen molar-refractivity contribution in [2.24, 2.45) is 5.92 Å². The van der Waals surface area contributed by atoms with Crippen LogP contribution in [-0.4, -0.2) is 20.2 Å². The van der Waals surface area contributed by atoms with E-state index in [1.54, 1.807) is 7.11 Å². The van der Waals surface area contributed by atoms with Crippen molar-refractivity contribution in [3.8, 4) is 5.75 Å². The Morgan fingerprint density at radius 3 is 2.67 bits per heavy atom. The molecule has 1 fully saturated rings. The van der Waals surface area contributed by atoms with Crippen LogP contribution in [0, 0.1) is 5.92 Å². The van der Waals surface area contributed by atoms with E-state index in [0.717, 1.165) is 36.1 Å². The molecule has 0 saturated carbocycles. The van der Waals surface area contributed by atoms with E-state index in [4.69, 9.17) is 10.5 Å². The van der Waals surface area contributed by atoms with E-state index in [0.29, 0.717) is 0 Å². The van der Waals surface area contributed by atoms with E-state index in [2.05, 4.69) is 17.9 Å². The van der Waals surface area contributed by atoms with Gasteiger partial charge in [0.05, 0.1) is 18.5 Å². The average molecular weight is 248 g/mol. The van der Waals surface area contributed by atoms with Gasteiger partial charge < -0.3 is 15.4 Å². The Labute approximate surface area is 110 Å². The molecule has 0 atom stereocenters. The normalized spacial score (nSPS) is 16.9. The van der Waals surface area contributed by atoms with Crippen molar-refractivity contribution in [3.63, 3.8) is 0 Å². The highest BCUT2D eigenvalue weighted by Gasteiger charge is 2.20. The fourth-order valence-corrected chi connectivity index (χ4v) is 2.80. The minimum Gasteiger partial charge on any atom is -0.497 e. The number of anilines is 2. The molecule has 0 spiro atoms. The summed E-state index contributed by atoms with van der Waals surface area (Å²) in [5, 5.41) is 0. The van der Waals surface area contributed by atoms with Crippen LogP contribution in [0.15, 0.2) is 18.2 Å². The van der Waals surface area contributed by atoms with Gasteiger partial charge in [-0.1, -0.05) is 19.8 Å². The van der Waals surface area contributed by atoms with E-state index in [9.17, 15) is 0 Å². The lowest BCUT2D eigenvalue weighted by Crippen LogP contribution is -2.34. The highest BCUT2D eigenvalue weighted by Crippen LogP contribution is 2.32. The molecule has 0 radical (unpaired) electrons. The Morgan fingerprint density at radius 1 is 1.33 bits per heavy atom. The number of methoxy groups -OCH3 is 1. The SMILES string of the molecule is CCCC1CCN(c2cc(OC)ccc2N)CC1. The lowest BCUT2D eigenvalue weighted by molar-refractivity contribution is 0.378. The van der Waals surface area contributed by atoms with Gasteiger partial charge in [0.15, 0.2) is 0 Å². The lowest BCUT2D eigenvalue weighted by atomic mass is 9.92. The number of rotatable bonds is 4. The quantitative estimate of drug-likeness (QED) is 0.831. The summed E-state index contributed by atoms with van der Waals surface area (Å²) in [6.45, 7) is 4.50. The molecule has 3 heteroatoms. The molecule has 100 valence electrons. The molecule has 0 bridgehead atoms. The predicted molar refractivity (Wildman–Crippen MR) is 77.3 cm³/mol. The van der Waals surface area contributed by atoms with E-state index in [-0.39, 0.29) is 0 Å². The van der Waals surface area contributed by atoms with Crippen LogP contribution in [-0.2, 0) is 0 Å². The molecule has 18 heavy (non-hydrogen) atoms. The van der Waals surface area contributed by atoms with Crippen LogP contribution in [0.4, 0.5) is 11.4 Å². The third-order valence-corrected chi connectivity index (χ3v) is 3.89. The topological polar surface area (TPSA) is 38.5 Å². The zero-order valence-corrected chi connectivity index (χ0v) is 11.5. The molecule has 1 aliphatic heterocycles. The second-order valence-electron chi connectivity index (χ2n) is 5.14. The zero-order valence-electron chi connectivity index (χ0n) is 11.5. The summed E-state index contributed by atoms with van der Waals surface area (Å²) in [7, 11) is 1.70. The van der Waals surface area contributed by atoms with Gasteiger partial charge in [-0.2, -0.15) is 0 Å². The van der Waals surface area contributed by atoms with Crippen molar-refractivity contribution in [1.29, 1.82) is 0 Å². The number of nitrogen functional groups attached to an aromatic ring is 1. The maximum Gasteiger partial charge on any atom is 0.121 e. The molecule has 1 aromatic carbocycles. The number of benzene rings is 1. The highest BCUT2D eigenvalue weighted by atomic mass is 16.5. The van der Waals surface area contributed by atoms with E-state index >= 15 is 0 Å². The summed E-state index contributed by atoms with van der Waals surface area (Å²) >= 11 is 0. The van der Waals surface area contributed by atoms with Gasteiger partial charge in [0.2, 0.25) is 0 Å². The third-order valence-electron chi connectivity index (χ3n) is 3.89. The number of nitrogens with zero attached hydrogens (tertiary/aromatic N) is 1. The van der Waals surface area contributed by atoms with E-state index < -0.39 is 0 Å². The fraction of sp³-hybridized carbons (Fsp3) is 0.600. The number of ether oxygens (including phenoxy) is 1. The summed E-state index contributed by atoms with van der Waals surface area (Å²) in [5.74, 6) is 1.79. The van der Waals surface area contributed by atoms with Crippen LogP contribution < -0.4 is 15.4 Å². The molecule has 3 nitrogen and oxygen atoms in total. The summed E-state index contributed by atoms with van der Waals surface area (Å²) in [5.41, 5.74) is 8.05. The van der Waals surface area contributed by atoms with Gasteiger partial charge in [-0.15, -0.1) is 0 Å². The van der Waals surface area contributed by atoms with Gasteiger partial charge in [-0.3, -0.25) is 0 Å². The lowest BCUT2D eigenvalue weighted by Gasteiger charge is -2.34. The number of piperidine rings is 1. The number of nitrogens with two attached hydrogens (primary N) is 1. The minimum absolute atomic E-state index is 0.852. The molecule has 1 saturated heterocycles. The first-order valence-electron chi connectivity index (χ1n) is 6.93. The Hall–Kier alpha value is -1.38. The molecule has 1 aromatic rings. The Kier molecular flexibility index (Phi) is 4.34. The molecule has 0 aromatic heterocycles. The summed E-state index contributed by atoms with van der Waals surface area (Å²) in [6, 6.07) is 5.91. The fourth-order valence-electron chi connectivity index (χ4n) is 2.80. The van der Waals surface area contributed by atoms with Crippen LogP contribution >= 0.6 is 0 Å². The minimum atomic E-state index is 0.852. The second-order valence-corrected chi connectivity index (χ2v) is 5.14. The third kappa shape index (κ3) is 2.89. The monoisotopic (exact) mass is 248 g/mol. The van der Waals surface area contributed by atoms with Crippen LogP contribution in [0.1, 0.15) is 32.6 Å².